The van der Waals surface area contributed by atoms with E-state index >= 15 is 0 Å². The Morgan fingerprint density at radius 2 is 1.90 bits per heavy atom. The van der Waals surface area contributed by atoms with Crippen molar-refractivity contribution in [2.75, 3.05) is 0 Å². The second kappa shape index (κ2) is 5.86. The molecule has 0 saturated carbocycles. The van der Waals surface area contributed by atoms with E-state index < -0.39 is 0 Å². The Bertz CT molecular complexity index is 798. The highest BCUT2D eigenvalue weighted by Crippen LogP contribution is 2.30. The molecule has 0 aliphatic heterocycles. The van der Waals surface area contributed by atoms with Crippen molar-refractivity contribution >= 4 is 26.8 Å². The maximum Gasteiger partial charge on any atom is 0.153 e. The number of hydrogen-bond donors (Lipinski definition) is 0. The number of aromatic nitrogens is 1. The zero-order valence-electron chi connectivity index (χ0n) is 12.1. The number of ether oxygens (including phenoxy) is 1. The minimum atomic E-state index is 0.794. The lowest BCUT2D eigenvalue weighted by Crippen LogP contribution is -1.91. The first-order valence-corrected chi connectivity index (χ1v) is 7.99. The molecule has 0 N–H and O–H groups in total. The molecule has 0 bridgehead atoms. The SMILES string of the molecule is Cc1ccc2cccc(Oc3ccc(CBr)c(C)c3)c2n1. The van der Waals surface area contributed by atoms with E-state index in [9.17, 15) is 0 Å². The van der Waals surface area contributed by atoms with Crippen LogP contribution in [-0.4, -0.2) is 4.98 Å². The van der Waals surface area contributed by atoms with Gasteiger partial charge in [-0.05, 0) is 49.2 Å². The third kappa shape index (κ3) is 2.93. The van der Waals surface area contributed by atoms with Gasteiger partial charge < -0.3 is 4.74 Å². The van der Waals surface area contributed by atoms with Gasteiger partial charge in [-0.25, -0.2) is 4.98 Å². The Morgan fingerprint density at radius 3 is 2.67 bits per heavy atom. The summed E-state index contributed by atoms with van der Waals surface area (Å²) >= 11 is 3.49. The number of aryl methyl sites for hydroxylation is 2. The van der Waals surface area contributed by atoms with Crippen LogP contribution in [0.4, 0.5) is 0 Å². The van der Waals surface area contributed by atoms with Crippen molar-refractivity contribution in [2.45, 2.75) is 19.2 Å². The molecule has 0 unspecified atom stereocenters. The quantitative estimate of drug-likeness (QED) is 0.583. The van der Waals surface area contributed by atoms with Crippen LogP contribution in [-0.2, 0) is 5.33 Å². The zero-order valence-corrected chi connectivity index (χ0v) is 13.6. The van der Waals surface area contributed by atoms with Crippen LogP contribution in [0, 0.1) is 13.8 Å². The van der Waals surface area contributed by atoms with Crippen molar-refractivity contribution in [2.24, 2.45) is 0 Å². The summed E-state index contributed by atoms with van der Waals surface area (Å²) in [5, 5.41) is 1.95. The van der Waals surface area contributed by atoms with Crippen LogP contribution < -0.4 is 4.74 Å². The normalized spacial score (nSPS) is 10.8. The molecule has 1 aromatic heterocycles. The Hall–Kier alpha value is -1.87. The summed E-state index contributed by atoms with van der Waals surface area (Å²) in [5.74, 6) is 1.63. The first kappa shape index (κ1) is 14.1. The van der Waals surface area contributed by atoms with Crippen LogP contribution in [0.25, 0.3) is 10.9 Å². The largest absolute Gasteiger partial charge is 0.455 e. The third-order valence-electron chi connectivity index (χ3n) is 3.51. The molecule has 0 aliphatic carbocycles. The van der Waals surface area contributed by atoms with Gasteiger partial charge in [-0.15, -0.1) is 0 Å². The summed E-state index contributed by atoms with van der Waals surface area (Å²) < 4.78 is 6.05. The van der Waals surface area contributed by atoms with E-state index in [-0.39, 0.29) is 0 Å². The van der Waals surface area contributed by atoms with Crippen LogP contribution in [0.5, 0.6) is 11.5 Å². The van der Waals surface area contributed by atoms with Gasteiger partial charge in [0.2, 0.25) is 0 Å². The van der Waals surface area contributed by atoms with E-state index in [1.54, 1.807) is 0 Å². The molecular formula is C18H16BrNO. The second-order valence-electron chi connectivity index (χ2n) is 5.10. The van der Waals surface area contributed by atoms with E-state index in [0.29, 0.717) is 0 Å². The Kier molecular flexibility index (Phi) is 3.93. The van der Waals surface area contributed by atoms with Gasteiger partial charge in [0.05, 0.1) is 0 Å². The molecule has 1 heterocycles. The number of para-hydroxylation sites is 1. The van der Waals surface area contributed by atoms with Gasteiger partial charge in [0, 0.05) is 16.4 Å². The second-order valence-corrected chi connectivity index (χ2v) is 5.67. The van der Waals surface area contributed by atoms with E-state index in [4.69, 9.17) is 4.74 Å². The number of benzene rings is 2. The number of pyridine rings is 1. The smallest absolute Gasteiger partial charge is 0.153 e. The predicted octanol–water partition coefficient (Wildman–Crippen LogP) is 5.54. The fourth-order valence-electron chi connectivity index (χ4n) is 2.31. The molecule has 0 atom stereocenters. The summed E-state index contributed by atoms with van der Waals surface area (Å²) in [4.78, 5) is 4.60. The maximum atomic E-state index is 6.05. The molecule has 0 spiro atoms. The van der Waals surface area contributed by atoms with Gasteiger partial charge in [0.1, 0.15) is 11.3 Å². The van der Waals surface area contributed by atoms with Crippen molar-refractivity contribution in [3.8, 4) is 11.5 Å². The minimum absolute atomic E-state index is 0.794. The Morgan fingerprint density at radius 1 is 1.05 bits per heavy atom. The van der Waals surface area contributed by atoms with Gasteiger partial charge in [0.15, 0.2) is 5.75 Å². The average molecular weight is 342 g/mol. The maximum absolute atomic E-state index is 6.05. The molecule has 2 aromatic carbocycles. The van der Waals surface area contributed by atoms with Gasteiger partial charge in [-0.1, -0.05) is 40.2 Å². The van der Waals surface area contributed by atoms with Crippen LogP contribution in [0.3, 0.4) is 0 Å². The fourth-order valence-corrected chi connectivity index (χ4v) is 2.94. The summed E-state index contributed by atoms with van der Waals surface area (Å²) in [6, 6.07) is 16.2. The minimum Gasteiger partial charge on any atom is -0.455 e. The number of alkyl halides is 1. The van der Waals surface area contributed by atoms with Crippen molar-refractivity contribution in [1.29, 1.82) is 0 Å². The lowest BCUT2D eigenvalue weighted by molar-refractivity contribution is 0.486. The highest BCUT2D eigenvalue weighted by Gasteiger charge is 2.06. The van der Waals surface area contributed by atoms with Crippen LogP contribution >= 0.6 is 15.9 Å². The molecule has 21 heavy (non-hydrogen) atoms. The Labute approximate surface area is 132 Å². The first-order valence-electron chi connectivity index (χ1n) is 6.87. The lowest BCUT2D eigenvalue weighted by Gasteiger charge is -2.10. The van der Waals surface area contributed by atoms with Crippen molar-refractivity contribution < 1.29 is 4.74 Å². The summed E-state index contributed by atoms with van der Waals surface area (Å²) in [5.41, 5.74) is 4.38. The average Bonchev–Trinajstić information content (AvgIpc) is 2.48. The molecule has 0 amide bonds. The number of fused-ring (bicyclic) bond motifs is 1. The predicted molar refractivity (Wildman–Crippen MR) is 90.4 cm³/mol. The summed E-state index contributed by atoms with van der Waals surface area (Å²) in [6.07, 6.45) is 0. The third-order valence-corrected chi connectivity index (χ3v) is 4.11. The van der Waals surface area contributed by atoms with Crippen LogP contribution in [0.1, 0.15) is 16.8 Å². The summed E-state index contributed by atoms with van der Waals surface area (Å²) in [6.45, 7) is 4.08. The molecule has 2 nitrogen and oxygen atoms in total. The standard InChI is InChI=1S/C18H16BrNO/c1-12-10-16(9-8-15(12)11-19)21-17-5-3-4-14-7-6-13(2)20-18(14)17/h3-10H,11H2,1-2H3. The topological polar surface area (TPSA) is 22.1 Å². The number of hydrogen-bond acceptors (Lipinski definition) is 2. The molecule has 3 heteroatoms. The fraction of sp³-hybridized carbons (Fsp3) is 0.167. The molecule has 0 radical (unpaired) electrons. The van der Waals surface area contributed by atoms with E-state index in [1.165, 1.54) is 11.1 Å². The molecule has 0 fully saturated rings. The number of halogens is 1. The molecule has 3 rings (SSSR count). The van der Waals surface area contributed by atoms with Crippen LogP contribution in [0.2, 0.25) is 0 Å². The van der Waals surface area contributed by atoms with Crippen molar-refractivity contribution in [1.82, 2.24) is 4.98 Å². The van der Waals surface area contributed by atoms with Crippen molar-refractivity contribution in [3.05, 3.63) is 65.4 Å². The molecule has 0 saturated heterocycles. The zero-order chi connectivity index (χ0) is 14.8. The lowest BCUT2D eigenvalue weighted by atomic mass is 10.1. The number of nitrogens with zero attached hydrogens (tertiary/aromatic N) is 1. The Balaban J connectivity index is 2.01. The van der Waals surface area contributed by atoms with Gasteiger partial charge in [-0.2, -0.15) is 0 Å². The highest BCUT2D eigenvalue weighted by atomic mass is 79.9. The van der Waals surface area contributed by atoms with E-state index in [0.717, 1.165) is 33.4 Å². The summed E-state index contributed by atoms with van der Waals surface area (Å²) in [7, 11) is 0. The van der Waals surface area contributed by atoms with Gasteiger partial charge in [0.25, 0.3) is 0 Å². The van der Waals surface area contributed by atoms with E-state index in [1.807, 2.05) is 37.3 Å². The van der Waals surface area contributed by atoms with Gasteiger partial charge >= 0.3 is 0 Å². The first-order chi connectivity index (χ1) is 10.2. The highest BCUT2D eigenvalue weighted by molar-refractivity contribution is 9.08. The van der Waals surface area contributed by atoms with Gasteiger partial charge in [-0.3, -0.25) is 0 Å². The monoisotopic (exact) mass is 341 g/mol. The van der Waals surface area contributed by atoms with Crippen molar-refractivity contribution in [3.63, 3.8) is 0 Å². The molecular weight excluding hydrogens is 326 g/mol. The number of rotatable bonds is 3. The van der Waals surface area contributed by atoms with E-state index in [2.05, 4.69) is 46.0 Å². The molecule has 3 aromatic rings. The molecule has 106 valence electrons. The van der Waals surface area contributed by atoms with Crippen LogP contribution in [0.15, 0.2) is 48.5 Å². The molecule has 0 aliphatic rings.